The monoisotopic (exact) mass is 195 g/mol. The van der Waals surface area contributed by atoms with Crippen LogP contribution in [-0.2, 0) is 0 Å². The van der Waals surface area contributed by atoms with Crippen molar-refractivity contribution < 1.29 is 0 Å². The second kappa shape index (κ2) is 5.92. The Morgan fingerprint density at radius 3 is 2.54 bits per heavy atom. The van der Waals surface area contributed by atoms with Crippen LogP contribution in [0.3, 0.4) is 0 Å². The fraction of sp³-hybridized carbons (Fsp3) is 0.455. The van der Waals surface area contributed by atoms with Gasteiger partial charge in [-0.25, -0.2) is 0 Å². The fourth-order valence-electron chi connectivity index (χ4n) is 1.05. The molecule has 0 aromatic heterocycles. The molecule has 0 saturated carbocycles. The number of hydrogen-bond acceptors (Lipinski definition) is 2. The highest BCUT2D eigenvalue weighted by atomic mass is 32.2. The van der Waals surface area contributed by atoms with Gasteiger partial charge in [-0.15, -0.1) is 0 Å². The molecule has 72 valence electrons. The zero-order chi connectivity index (χ0) is 9.52. The highest BCUT2D eigenvalue weighted by Crippen LogP contribution is 2.09. The van der Waals surface area contributed by atoms with E-state index in [0.29, 0.717) is 0 Å². The highest BCUT2D eigenvalue weighted by molar-refractivity contribution is 7.99. The lowest BCUT2D eigenvalue weighted by molar-refractivity contribution is 1.10. The molecule has 0 aliphatic rings. The summed E-state index contributed by atoms with van der Waals surface area (Å²) in [6, 6.07) is 10.3. The molecule has 0 aliphatic carbocycles. The molecule has 0 spiro atoms. The van der Waals surface area contributed by atoms with Crippen LogP contribution in [-0.4, -0.2) is 17.5 Å². The first-order valence-electron chi connectivity index (χ1n) is 4.69. The molecule has 2 heteroatoms. The van der Waals surface area contributed by atoms with Gasteiger partial charge < -0.3 is 5.32 Å². The van der Waals surface area contributed by atoms with E-state index in [9.17, 15) is 0 Å². The molecule has 0 unspecified atom stereocenters. The van der Waals surface area contributed by atoms with Gasteiger partial charge in [0.05, 0.1) is 0 Å². The Balaban J connectivity index is 2.13. The first kappa shape index (κ1) is 10.5. The minimum absolute atomic E-state index is 0.734. The van der Waals surface area contributed by atoms with Gasteiger partial charge in [0.25, 0.3) is 0 Å². The Morgan fingerprint density at radius 1 is 1.23 bits per heavy atom. The van der Waals surface area contributed by atoms with Gasteiger partial charge in [-0.2, -0.15) is 11.8 Å². The molecule has 0 saturated heterocycles. The van der Waals surface area contributed by atoms with Crippen molar-refractivity contribution in [2.24, 2.45) is 0 Å². The second-order valence-corrected chi connectivity index (χ2v) is 4.90. The summed E-state index contributed by atoms with van der Waals surface area (Å²) in [5.74, 6) is 1.17. The van der Waals surface area contributed by atoms with Crippen LogP contribution < -0.4 is 5.32 Å². The topological polar surface area (TPSA) is 12.0 Å². The predicted octanol–water partition coefficient (Wildman–Crippen LogP) is 3.24. The molecular formula is C11H17NS. The van der Waals surface area contributed by atoms with Crippen LogP contribution in [0.4, 0.5) is 5.69 Å². The van der Waals surface area contributed by atoms with Crippen molar-refractivity contribution in [1.29, 1.82) is 0 Å². The van der Waals surface area contributed by atoms with Gasteiger partial charge in [0.15, 0.2) is 0 Å². The minimum atomic E-state index is 0.734. The van der Waals surface area contributed by atoms with Crippen LogP contribution in [0.15, 0.2) is 30.3 Å². The number of hydrogen-bond donors (Lipinski definition) is 1. The number of thioether (sulfide) groups is 1. The zero-order valence-electron chi connectivity index (χ0n) is 8.29. The number of para-hydroxylation sites is 1. The maximum absolute atomic E-state index is 3.38. The Bertz CT molecular complexity index is 221. The first-order valence-corrected chi connectivity index (χ1v) is 5.74. The van der Waals surface area contributed by atoms with Crippen LogP contribution in [0.2, 0.25) is 0 Å². The van der Waals surface area contributed by atoms with Crippen molar-refractivity contribution in [2.75, 3.05) is 17.6 Å². The van der Waals surface area contributed by atoms with E-state index in [4.69, 9.17) is 0 Å². The van der Waals surface area contributed by atoms with E-state index in [1.807, 2.05) is 17.8 Å². The molecule has 0 aliphatic heterocycles. The third-order valence-corrected chi connectivity index (χ3v) is 2.76. The summed E-state index contributed by atoms with van der Waals surface area (Å²) in [6.45, 7) is 5.51. The van der Waals surface area contributed by atoms with E-state index >= 15 is 0 Å². The molecule has 0 heterocycles. The molecule has 13 heavy (non-hydrogen) atoms. The highest BCUT2D eigenvalue weighted by Gasteiger charge is 1.93. The van der Waals surface area contributed by atoms with Gasteiger partial charge in [0, 0.05) is 18.0 Å². The summed E-state index contributed by atoms with van der Waals surface area (Å²) in [6.07, 6.45) is 0. The van der Waals surface area contributed by atoms with Gasteiger partial charge in [-0.1, -0.05) is 32.0 Å². The van der Waals surface area contributed by atoms with Crippen LogP contribution in [0.25, 0.3) is 0 Å². The van der Waals surface area contributed by atoms with Crippen molar-refractivity contribution in [3.8, 4) is 0 Å². The van der Waals surface area contributed by atoms with Gasteiger partial charge in [0.1, 0.15) is 0 Å². The standard InChI is InChI=1S/C11H17NS/c1-10(2)13-9-8-12-11-6-4-3-5-7-11/h3-7,10,12H,8-9H2,1-2H3. The van der Waals surface area contributed by atoms with Crippen LogP contribution >= 0.6 is 11.8 Å². The second-order valence-electron chi connectivity index (χ2n) is 3.21. The SMILES string of the molecule is CC(C)SCCNc1ccccc1. The number of nitrogens with one attached hydrogen (secondary N) is 1. The predicted molar refractivity (Wildman–Crippen MR) is 62.5 cm³/mol. The summed E-state index contributed by atoms with van der Waals surface area (Å²) in [5.41, 5.74) is 1.21. The zero-order valence-corrected chi connectivity index (χ0v) is 9.10. The summed E-state index contributed by atoms with van der Waals surface area (Å²) < 4.78 is 0. The van der Waals surface area contributed by atoms with Crippen molar-refractivity contribution >= 4 is 17.4 Å². The summed E-state index contributed by atoms with van der Waals surface area (Å²) >= 11 is 1.99. The largest absolute Gasteiger partial charge is 0.384 e. The van der Waals surface area contributed by atoms with E-state index in [2.05, 4.69) is 43.4 Å². The molecule has 1 aromatic rings. The number of rotatable bonds is 5. The normalized spacial score (nSPS) is 10.4. The van der Waals surface area contributed by atoms with Gasteiger partial charge >= 0.3 is 0 Å². The summed E-state index contributed by atoms with van der Waals surface area (Å²) in [7, 11) is 0. The molecular weight excluding hydrogens is 178 g/mol. The lowest BCUT2D eigenvalue weighted by Gasteiger charge is -2.07. The van der Waals surface area contributed by atoms with Crippen molar-refractivity contribution in [3.63, 3.8) is 0 Å². The van der Waals surface area contributed by atoms with Crippen LogP contribution in [0, 0.1) is 0 Å². The molecule has 1 rings (SSSR count). The van der Waals surface area contributed by atoms with E-state index in [1.165, 1.54) is 11.4 Å². The van der Waals surface area contributed by atoms with Gasteiger partial charge in [-0.05, 0) is 17.4 Å². The van der Waals surface area contributed by atoms with E-state index < -0.39 is 0 Å². The smallest absolute Gasteiger partial charge is 0.0340 e. The Morgan fingerprint density at radius 2 is 1.92 bits per heavy atom. The minimum Gasteiger partial charge on any atom is -0.384 e. The average molecular weight is 195 g/mol. The first-order chi connectivity index (χ1) is 6.29. The van der Waals surface area contributed by atoms with Gasteiger partial charge in [-0.3, -0.25) is 0 Å². The third kappa shape index (κ3) is 4.83. The molecule has 0 radical (unpaired) electrons. The van der Waals surface area contributed by atoms with E-state index in [0.717, 1.165) is 11.8 Å². The fourth-order valence-corrected chi connectivity index (χ4v) is 1.74. The Kier molecular flexibility index (Phi) is 4.76. The van der Waals surface area contributed by atoms with Crippen molar-refractivity contribution in [3.05, 3.63) is 30.3 Å². The Hall–Kier alpha value is -0.630. The van der Waals surface area contributed by atoms with E-state index in [-0.39, 0.29) is 0 Å². The van der Waals surface area contributed by atoms with E-state index in [1.54, 1.807) is 0 Å². The lowest BCUT2D eigenvalue weighted by atomic mass is 10.3. The molecule has 0 fully saturated rings. The van der Waals surface area contributed by atoms with Crippen LogP contribution in [0.5, 0.6) is 0 Å². The molecule has 1 N–H and O–H groups in total. The molecule has 0 atom stereocenters. The number of anilines is 1. The molecule has 0 bridgehead atoms. The van der Waals surface area contributed by atoms with Crippen molar-refractivity contribution in [2.45, 2.75) is 19.1 Å². The average Bonchev–Trinajstić information content (AvgIpc) is 2.14. The molecule has 1 aromatic carbocycles. The van der Waals surface area contributed by atoms with Crippen molar-refractivity contribution in [1.82, 2.24) is 0 Å². The lowest BCUT2D eigenvalue weighted by Crippen LogP contribution is -2.05. The maximum Gasteiger partial charge on any atom is 0.0340 e. The summed E-state index contributed by atoms with van der Waals surface area (Å²) in [5, 5.41) is 4.11. The van der Waals surface area contributed by atoms with Crippen LogP contribution in [0.1, 0.15) is 13.8 Å². The maximum atomic E-state index is 3.38. The summed E-state index contributed by atoms with van der Waals surface area (Å²) in [4.78, 5) is 0. The van der Waals surface area contributed by atoms with Gasteiger partial charge in [0.2, 0.25) is 0 Å². The Labute approximate surface area is 84.9 Å². The quantitative estimate of drug-likeness (QED) is 0.724. The third-order valence-electron chi connectivity index (χ3n) is 1.66. The number of benzene rings is 1. The molecule has 1 nitrogen and oxygen atoms in total. The molecule has 0 amide bonds.